The van der Waals surface area contributed by atoms with E-state index in [1.807, 2.05) is 19.1 Å². The number of benzene rings is 1. The molecule has 1 atom stereocenters. The van der Waals surface area contributed by atoms with Gasteiger partial charge in [0, 0.05) is 4.47 Å². The molecule has 0 radical (unpaired) electrons. The van der Waals surface area contributed by atoms with Gasteiger partial charge in [-0.3, -0.25) is 0 Å². The Kier molecular flexibility index (Phi) is 4.19. The maximum atomic E-state index is 5.48. The minimum Gasteiger partial charge on any atom is -0.370 e. The smallest absolute Gasteiger partial charge is 0.0801 e. The SMILES string of the molecule is C=CCO[C@@H](C)c1ccc(Br)cc1. The Morgan fingerprint density at radius 3 is 2.62 bits per heavy atom. The zero-order valence-corrected chi connectivity index (χ0v) is 9.25. The summed E-state index contributed by atoms with van der Waals surface area (Å²) in [5.41, 5.74) is 1.19. The van der Waals surface area contributed by atoms with Crippen molar-refractivity contribution >= 4 is 15.9 Å². The van der Waals surface area contributed by atoms with Crippen molar-refractivity contribution in [2.45, 2.75) is 13.0 Å². The summed E-state index contributed by atoms with van der Waals surface area (Å²) in [5.74, 6) is 0. The predicted octanol–water partition coefficient (Wildman–Crippen LogP) is 3.71. The summed E-state index contributed by atoms with van der Waals surface area (Å²) >= 11 is 3.39. The highest BCUT2D eigenvalue weighted by molar-refractivity contribution is 9.10. The third-order valence-corrected chi connectivity index (χ3v) is 2.33. The van der Waals surface area contributed by atoms with Gasteiger partial charge in [0.2, 0.25) is 0 Å². The summed E-state index contributed by atoms with van der Waals surface area (Å²) in [7, 11) is 0. The van der Waals surface area contributed by atoms with E-state index in [2.05, 4.69) is 34.6 Å². The second-order valence-corrected chi connectivity index (χ2v) is 3.73. The normalized spacial score (nSPS) is 12.5. The largest absolute Gasteiger partial charge is 0.370 e. The molecule has 0 aliphatic rings. The summed E-state index contributed by atoms with van der Waals surface area (Å²) in [4.78, 5) is 0. The lowest BCUT2D eigenvalue weighted by Gasteiger charge is -2.11. The Morgan fingerprint density at radius 2 is 2.08 bits per heavy atom. The number of ether oxygens (including phenoxy) is 1. The summed E-state index contributed by atoms with van der Waals surface area (Å²) in [6.45, 7) is 6.24. The number of halogens is 1. The second kappa shape index (κ2) is 5.20. The van der Waals surface area contributed by atoms with E-state index in [1.165, 1.54) is 5.56 Å². The van der Waals surface area contributed by atoms with Crippen LogP contribution >= 0.6 is 15.9 Å². The summed E-state index contributed by atoms with van der Waals surface area (Å²) in [5, 5.41) is 0. The van der Waals surface area contributed by atoms with Gasteiger partial charge in [-0.05, 0) is 24.6 Å². The quantitative estimate of drug-likeness (QED) is 0.730. The first-order valence-electron chi connectivity index (χ1n) is 4.22. The van der Waals surface area contributed by atoms with Crippen molar-refractivity contribution in [3.05, 3.63) is 47.0 Å². The van der Waals surface area contributed by atoms with Gasteiger partial charge in [-0.1, -0.05) is 34.1 Å². The molecule has 0 fully saturated rings. The molecule has 2 heteroatoms. The zero-order chi connectivity index (χ0) is 9.68. The van der Waals surface area contributed by atoms with Crippen molar-refractivity contribution in [1.82, 2.24) is 0 Å². The lowest BCUT2D eigenvalue weighted by Crippen LogP contribution is -1.99. The molecule has 0 saturated heterocycles. The fraction of sp³-hybridized carbons (Fsp3) is 0.273. The summed E-state index contributed by atoms with van der Waals surface area (Å²) in [6, 6.07) is 8.14. The van der Waals surface area contributed by atoms with Crippen molar-refractivity contribution in [1.29, 1.82) is 0 Å². The molecular formula is C11H13BrO. The molecule has 0 aromatic heterocycles. The van der Waals surface area contributed by atoms with Gasteiger partial charge in [0.1, 0.15) is 0 Å². The molecule has 0 unspecified atom stereocenters. The molecule has 0 heterocycles. The van der Waals surface area contributed by atoms with E-state index < -0.39 is 0 Å². The van der Waals surface area contributed by atoms with Crippen LogP contribution in [0.15, 0.2) is 41.4 Å². The topological polar surface area (TPSA) is 9.23 Å². The van der Waals surface area contributed by atoms with Crippen LogP contribution in [-0.2, 0) is 4.74 Å². The van der Waals surface area contributed by atoms with Gasteiger partial charge in [0.05, 0.1) is 12.7 Å². The highest BCUT2D eigenvalue weighted by Crippen LogP contribution is 2.19. The molecule has 13 heavy (non-hydrogen) atoms. The van der Waals surface area contributed by atoms with Gasteiger partial charge in [0.15, 0.2) is 0 Å². The first-order chi connectivity index (χ1) is 6.24. The van der Waals surface area contributed by atoms with Gasteiger partial charge in [-0.2, -0.15) is 0 Å². The molecule has 0 bridgehead atoms. The van der Waals surface area contributed by atoms with Crippen molar-refractivity contribution in [3.63, 3.8) is 0 Å². The van der Waals surface area contributed by atoms with Crippen LogP contribution in [0.4, 0.5) is 0 Å². The van der Waals surface area contributed by atoms with Gasteiger partial charge in [0.25, 0.3) is 0 Å². The van der Waals surface area contributed by atoms with E-state index in [-0.39, 0.29) is 6.10 Å². The van der Waals surface area contributed by atoms with Crippen molar-refractivity contribution in [2.24, 2.45) is 0 Å². The third kappa shape index (κ3) is 3.33. The lowest BCUT2D eigenvalue weighted by molar-refractivity contribution is 0.0888. The van der Waals surface area contributed by atoms with Gasteiger partial charge < -0.3 is 4.74 Å². The fourth-order valence-corrected chi connectivity index (χ4v) is 1.31. The van der Waals surface area contributed by atoms with E-state index in [1.54, 1.807) is 6.08 Å². The molecule has 0 aliphatic heterocycles. The molecule has 0 N–H and O–H groups in total. The Morgan fingerprint density at radius 1 is 1.46 bits per heavy atom. The monoisotopic (exact) mass is 240 g/mol. The van der Waals surface area contributed by atoms with Crippen LogP contribution in [0.3, 0.4) is 0 Å². The molecule has 0 saturated carbocycles. The Labute approximate surface area is 87.5 Å². The van der Waals surface area contributed by atoms with Crippen molar-refractivity contribution in [2.75, 3.05) is 6.61 Å². The molecule has 1 nitrogen and oxygen atoms in total. The third-order valence-electron chi connectivity index (χ3n) is 1.80. The molecule has 0 aliphatic carbocycles. The van der Waals surface area contributed by atoms with Gasteiger partial charge >= 0.3 is 0 Å². The zero-order valence-electron chi connectivity index (χ0n) is 7.66. The van der Waals surface area contributed by atoms with Gasteiger partial charge in [-0.25, -0.2) is 0 Å². The Balaban J connectivity index is 2.60. The summed E-state index contributed by atoms with van der Waals surface area (Å²) in [6.07, 6.45) is 1.89. The molecule has 1 aromatic rings. The van der Waals surface area contributed by atoms with E-state index >= 15 is 0 Å². The molecule has 0 amide bonds. The van der Waals surface area contributed by atoms with Crippen LogP contribution in [0.25, 0.3) is 0 Å². The average Bonchev–Trinajstić information content (AvgIpc) is 2.15. The maximum absolute atomic E-state index is 5.48. The molecule has 1 rings (SSSR count). The Bertz CT molecular complexity index is 266. The van der Waals surface area contributed by atoms with Crippen LogP contribution in [0, 0.1) is 0 Å². The molecule has 70 valence electrons. The van der Waals surface area contributed by atoms with Crippen molar-refractivity contribution < 1.29 is 4.74 Å². The molecule has 0 spiro atoms. The Hall–Kier alpha value is -0.600. The standard InChI is InChI=1S/C11H13BrO/c1-3-8-13-9(2)10-4-6-11(12)7-5-10/h3-7,9H,1,8H2,2H3/t9-/m0/s1. The average molecular weight is 241 g/mol. The van der Waals surface area contributed by atoms with E-state index in [0.717, 1.165) is 4.47 Å². The predicted molar refractivity (Wildman–Crippen MR) is 58.7 cm³/mol. The maximum Gasteiger partial charge on any atom is 0.0801 e. The van der Waals surface area contributed by atoms with Crippen LogP contribution < -0.4 is 0 Å². The first kappa shape index (κ1) is 10.5. The lowest BCUT2D eigenvalue weighted by atomic mass is 10.1. The molecular weight excluding hydrogens is 228 g/mol. The van der Waals surface area contributed by atoms with E-state index in [0.29, 0.717) is 6.61 Å². The van der Waals surface area contributed by atoms with Crippen molar-refractivity contribution in [3.8, 4) is 0 Å². The minimum atomic E-state index is 0.131. The first-order valence-corrected chi connectivity index (χ1v) is 5.01. The van der Waals surface area contributed by atoms with Crippen LogP contribution in [-0.4, -0.2) is 6.61 Å². The minimum absolute atomic E-state index is 0.131. The highest BCUT2D eigenvalue weighted by Gasteiger charge is 2.03. The van der Waals surface area contributed by atoms with Crippen LogP contribution in [0.5, 0.6) is 0 Å². The van der Waals surface area contributed by atoms with Crippen LogP contribution in [0.1, 0.15) is 18.6 Å². The summed E-state index contributed by atoms with van der Waals surface area (Å²) < 4.78 is 6.57. The number of rotatable bonds is 4. The number of hydrogen-bond acceptors (Lipinski definition) is 1. The fourth-order valence-electron chi connectivity index (χ4n) is 1.04. The van der Waals surface area contributed by atoms with Gasteiger partial charge in [-0.15, -0.1) is 6.58 Å². The van der Waals surface area contributed by atoms with Crippen LogP contribution in [0.2, 0.25) is 0 Å². The second-order valence-electron chi connectivity index (χ2n) is 2.82. The number of hydrogen-bond donors (Lipinski definition) is 0. The van der Waals surface area contributed by atoms with E-state index in [4.69, 9.17) is 4.74 Å². The van der Waals surface area contributed by atoms with E-state index in [9.17, 15) is 0 Å². The molecule has 1 aromatic carbocycles. The highest BCUT2D eigenvalue weighted by atomic mass is 79.9.